The van der Waals surface area contributed by atoms with E-state index in [1.165, 1.54) is 0 Å². The van der Waals surface area contributed by atoms with E-state index in [4.69, 9.17) is 4.74 Å². The molecule has 2 rings (SSSR count). The van der Waals surface area contributed by atoms with Gasteiger partial charge in [0.25, 0.3) is 0 Å². The van der Waals surface area contributed by atoms with Crippen molar-refractivity contribution in [2.24, 2.45) is 11.8 Å². The highest BCUT2D eigenvalue weighted by Crippen LogP contribution is 2.35. The molecule has 116 valence electrons. The SMILES string of the molecule is CNCc1ccc(OC2CCC(C)C(C)C2)c([N+](=O)[O-])c1. The number of nitro groups is 1. The van der Waals surface area contributed by atoms with Crippen LogP contribution in [0.5, 0.6) is 5.75 Å². The second-order valence-corrected chi connectivity index (χ2v) is 6.10. The van der Waals surface area contributed by atoms with Crippen molar-refractivity contribution in [2.45, 2.75) is 45.8 Å². The Labute approximate surface area is 125 Å². The molecule has 1 aliphatic carbocycles. The summed E-state index contributed by atoms with van der Waals surface area (Å²) in [5.74, 6) is 1.70. The van der Waals surface area contributed by atoms with E-state index < -0.39 is 0 Å². The van der Waals surface area contributed by atoms with Gasteiger partial charge in [0, 0.05) is 12.6 Å². The molecule has 0 spiro atoms. The molecule has 0 bridgehead atoms. The Balaban J connectivity index is 2.13. The summed E-state index contributed by atoms with van der Waals surface area (Å²) in [4.78, 5) is 10.9. The van der Waals surface area contributed by atoms with E-state index in [-0.39, 0.29) is 16.7 Å². The first-order valence-electron chi connectivity index (χ1n) is 7.59. The number of hydrogen-bond acceptors (Lipinski definition) is 4. The fourth-order valence-corrected chi connectivity index (χ4v) is 2.90. The summed E-state index contributed by atoms with van der Waals surface area (Å²) < 4.78 is 5.94. The van der Waals surface area contributed by atoms with Crippen molar-refractivity contribution in [3.63, 3.8) is 0 Å². The first-order valence-corrected chi connectivity index (χ1v) is 7.59. The number of nitrogens with one attached hydrogen (secondary N) is 1. The topological polar surface area (TPSA) is 64.4 Å². The van der Waals surface area contributed by atoms with Gasteiger partial charge in [0.15, 0.2) is 5.75 Å². The lowest BCUT2D eigenvalue weighted by molar-refractivity contribution is -0.386. The van der Waals surface area contributed by atoms with Gasteiger partial charge in [-0.2, -0.15) is 0 Å². The van der Waals surface area contributed by atoms with Gasteiger partial charge < -0.3 is 10.1 Å². The van der Waals surface area contributed by atoms with Crippen LogP contribution in [0.4, 0.5) is 5.69 Å². The molecule has 1 fully saturated rings. The van der Waals surface area contributed by atoms with Crippen LogP contribution in [0, 0.1) is 22.0 Å². The summed E-state index contributed by atoms with van der Waals surface area (Å²) in [5, 5.41) is 14.2. The average molecular weight is 292 g/mol. The van der Waals surface area contributed by atoms with Crippen LogP contribution in [0.15, 0.2) is 18.2 Å². The van der Waals surface area contributed by atoms with Crippen LogP contribution in [0.25, 0.3) is 0 Å². The van der Waals surface area contributed by atoms with E-state index in [0.29, 0.717) is 24.1 Å². The van der Waals surface area contributed by atoms with Gasteiger partial charge in [0.2, 0.25) is 0 Å². The van der Waals surface area contributed by atoms with Gasteiger partial charge in [-0.3, -0.25) is 10.1 Å². The van der Waals surface area contributed by atoms with Gasteiger partial charge in [-0.25, -0.2) is 0 Å². The zero-order valence-corrected chi connectivity index (χ0v) is 13.0. The smallest absolute Gasteiger partial charge is 0.311 e. The maximum Gasteiger partial charge on any atom is 0.311 e. The van der Waals surface area contributed by atoms with Crippen LogP contribution in [-0.4, -0.2) is 18.1 Å². The van der Waals surface area contributed by atoms with Crippen LogP contribution in [0.2, 0.25) is 0 Å². The molecule has 5 heteroatoms. The van der Waals surface area contributed by atoms with E-state index in [2.05, 4.69) is 19.2 Å². The van der Waals surface area contributed by atoms with E-state index in [9.17, 15) is 10.1 Å². The van der Waals surface area contributed by atoms with Crippen LogP contribution >= 0.6 is 0 Å². The molecule has 0 aliphatic heterocycles. The van der Waals surface area contributed by atoms with Gasteiger partial charge >= 0.3 is 5.69 Å². The van der Waals surface area contributed by atoms with Crippen molar-refractivity contribution in [3.05, 3.63) is 33.9 Å². The molecule has 0 heterocycles. The van der Waals surface area contributed by atoms with Crippen LogP contribution in [0.1, 0.15) is 38.7 Å². The Kier molecular flexibility index (Phi) is 5.17. The predicted molar refractivity (Wildman–Crippen MR) is 82.5 cm³/mol. The minimum Gasteiger partial charge on any atom is -0.483 e. The fourth-order valence-electron chi connectivity index (χ4n) is 2.90. The minimum atomic E-state index is -0.358. The normalized spacial score (nSPS) is 25.6. The Morgan fingerprint density at radius 1 is 1.33 bits per heavy atom. The lowest BCUT2D eigenvalue weighted by atomic mass is 9.80. The molecule has 3 atom stereocenters. The fraction of sp³-hybridized carbons (Fsp3) is 0.625. The summed E-state index contributed by atoms with van der Waals surface area (Å²) in [6.07, 6.45) is 3.15. The lowest BCUT2D eigenvalue weighted by Gasteiger charge is -2.32. The lowest BCUT2D eigenvalue weighted by Crippen LogP contribution is -2.29. The second kappa shape index (κ2) is 6.89. The minimum absolute atomic E-state index is 0.0639. The molecule has 0 aromatic heterocycles. The van der Waals surface area contributed by atoms with Gasteiger partial charge in [-0.1, -0.05) is 19.9 Å². The molecule has 0 saturated heterocycles. The second-order valence-electron chi connectivity index (χ2n) is 6.10. The van der Waals surface area contributed by atoms with Crippen LogP contribution in [-0.2, 0) is 6.54 Å². The van der Waals surface area contributed by atoms with Gasteiger partial charge in [-0.15, -0.1) is 0 Å². The number of rotatable bonds is 5. The molecule has 1 N–H and O–H groups in total. The number of nitrogens with zero attached hydrogens (tertiary/aromatic N) is 1. The highest BCUT2D eigenvalue weighted by atomic mass is 16.6. The third kappa shape index (κ3) is 3.94. The van der Waals surface area contributed by atoms with Gasteiger partial charge in [0.05, 0.1) is 11.0 Å². The number of hydrogen-bond donors (Lipinski definition) is 1. The Hall–Kier alpha value is -1.62. The van der Waals surface area contributed by atoms with Crippen LogP contribution < -0.4 is 10.1 Å². The predicted octanol–water partition coefficient (Wildman–Crippen LogP) is 3.52. The molecule has 0 amide bonds. The third-order valence-electron chi connectivity index (χ3n) is 4.44. The largest absolute Gasteiger partial charge is 0.483 e. The molecule has 1 saturated carbocycles. The van der Waals surface area contributed by atoms with Crippen LogP contribution in [0.3, 0.4) is 0 Å². The maximum absolute atomic E-state index is 11.2. The average Bonchev–Trinajstić information content (AvgIpc) is 2.44. The zero-order valence-electron chi connectivity index (χ0n) is 13.0. The van der Waals surface area contributed by atoms with E-state index >= 15 is 0 Å². The molecule has 1 aromatic carbocycles. The van der Waals surface area contributed by atoms with Gasteiger partial charge in [-0.05, 0) is 49.8 Å². The molecule has 1 aliphatic rings. The molecule has 1 aromatic rings. The summed E-state index contributed by atoms with van der Waals surface area (Å²) >= 11 is 0. The van der Waals surface area contributed by atoms with Crippen molar-refractivity contribution >= 4 is 5.69 Å². The summed E-state index contributed by atoms with van der Waals surface area (Å²) in [6.45, 7) is 5.10. The van der Waals surface area contributed by atoms with Gasteiger partial charge in [0.1, 0.15) is 0 Å². The molecule has 0 radical (unpaired) electrons. The van der Waals surface area contributed by atoms with Crippen molar-refractivity contribution in [3.8, 4) is 5.75 Å². The quantitative estimate of drug-likeness (QED) is 0.666. The standard InChI is InChI=1S/C16H24N2O3/c1-11-4-6-14(8-12(11)2)21-16-7-5-13(10-17-3)9-15(16)18(19)20/h5,7,9,11-12,14,17H,4,6,8,10H2,1-3H3. The van der Waals surface area contributed by atoms with Crippen molar-refractivity contribution in [1.29, 1.82) is 0 Å². The molecule has 21 heavy (non-hydrogen) atoms. The first kappa shape index (κ1) is 15.8. The number of ether oxygens (including phenoxy) is 1. The highest BCUT2D eigenvalue weighted by molar-refractivity contribution is 5.48. The van der Waals surface area contributed by atoms with E-state index in [1.807, 2.05) is 13.1 Å². The summed E-state index contributed by atoms with van der Waals surface area (Å²) in [6, 6.07) is 5.21. The van der Waals surface area contributed by atoms with Crippen molar-refractivity contribution in [2.75, 3.05) is 7.05 Å². The Morgan fingerprint density at radius 2 is 2.10 bits per heavy atom. The maximum atomic E-state index is 11.2. The highest BCUT2D eigenvalue weighted by Gasteiger charge is 2.27. The monoisotopic (exact) mass is 292 g/mol. The Bertz CT molecular complexity index is 504. The molecule has 3 unspecified atom stereocenters. The molecule has 5 nitrogen and oxygen atoms in total. The summed E-state index contributed by atoms with van der Waals surface area (Å²) in [5.41, 5.74) is 0.955. The molecular weight excluding hydrogens is 268 g/mol. The van der Waals surface area contributed by atoms with Crippen molar-refractivity contribution in [1.82, 2.24) is 5.32 Å². The molecular formula is C16H24N2O3. The van der Waals surface area contributed by atoms with E-state index in [1.54, 1.807) is 12.1 Å². The number of nitro benzene ring substituents is 1. The Morgan fingerprint density at radius 3 is 2.71 bits per heavy atom. The third-order valence-corrected chi connectivity index (χ3v) is 4.44. The number of benzene rings is 1. The van der Waals surface area contributed by atoms with Crippen molar-refractivity contribution < 1.29 is 9.66 Å². The first-order chi connectivity index (χ1) is 10.0. The zero-order chi connectivity index (χ0) is 15.4. The van der Waals surface area contributed by atoms with E-state index in [0.717, 1.165) is 24.8 Å². The summed E-state index contributed by atoms with van der Waals surface area (Å²) in [7, 11) is 1.82.